The molecule has 0 aromatic carbocycles. The Labute approximate surface area is 93.8 Å². The molecule has 0 aliphatic rings. The zero-order valence-corrected chi connectivity index (χ0v) is 6.43. The molecule has 0 saturated carbocycles. The molecule has 1 unspecified atom stereocenters. The van der Waals surface area contributed by atoms with E-state index in [-0.39, 0.29) is 47.5 Å². The van der Waals surface area contributed by atoms with Crippen molar-refractivity contribution in [2.75, 3.05) is 5.75 Å². The van der Waals surface area contributed by atoms with Crippen molar-refractivity contribution in [1.29, 1.82) is 0 Å². The molecule has 0 bridgehead atoms. The van der Waals surface area contributed by atoms with Gasteiger partial charge in [0.05, 0.1) is 11.7 Å². The van der Waals surface area contributed by atoms with Crippen LogP contribution < -0.4 is 5.73 Å². The fraction of sp³-hybridized carbons (Fsp3) is 0.500. The number of amides is 1. The number of carbonyl (C=O) groups is 2. The van der Waals surface area contributed by atoms with Crippen LogP contribution in [0.4, 0.5) is 0 Å². The number of hydrogen-bond donors (Lipinski definition) is 2. The second-order valence-corrected chi connectivity index (χ2v) is 2.18. The maximum absolute atomic E-state index is 10.8. The van der Waals surface area contributed by atoms with Crippen LogP contribution in [0.15, 0.2) is 0 Å². The Morgan fingerprint density at radius 2 is 2.00 bits per heavy atom. The van der Waals surface area contributed by atoms with Crippen LogP contribution in [0, 0.1) is 12.8 Å². The monoisotopic (exact) mass is 184 g/mol. The van der Waals surface area contributed by atoms with Crippen LogP contribution in [0.5, 0.6) is 0 Å². The topological polar surface area (TPSA) is 60.2 Å². The summed E-state index contributed by atoms with van der Waals surface area (Å²) in [4.78, 5) is 21.2. The molecule has 0 aromatic rings. The van der Waals surface area contributed by atoms with Crippen molar-refractivity contribution in [2.45, 2.75) is 6.42 Å². The predicted molar refractivity (Wildman–Crippen MR) is 48.7 cm³/mol. The summed E-state index contributed by atoms with van der Waals surface area (Å²) in [6.45, 7) is 3.42. The molecule has 11 heavy (non-hydrogen) atoms. The van der Waals surface area contributed by atoms with Crippen LogP contribution in [-0.4, -0.2) is 47.0 Å². The maximum atomic E-state index is 10.8. The van der Waals surface area contributed by atoms with Crippen LogP contribution in [0.3, 0.4) is 0 Å². The summed E-state index contributed by atoms with van der Waals surface area (Å²) in [7, 11) is 0. The average molecular weight is 184 g/mol. The van der Waals surface area contributed by atoms with Gasteiger partial charge in [-0.15, -0.1) is 0 Å². The zero-order valence-electron chi connectivity index (χ0n) is 5.54. The molecule has 5 heteroatoms. The molecule has 0 aliphatic carbocycles. The summed E-state index contributed by atoms with van der Waals surface area (Å²) in [5.74, 6) is -1.58. The summed E-state index contributed by atoms with van der Waals surface area (Å²) >= 11 is 3.72. The third-order valence-corrected chi connectivity index (χ3v) is 1.49. The van der Waals surface area contributed by atoms with E-state index >= 15 is 0 Å². The van der Waals surface area contributed by atoms with Crippen LogP contribution in [0.2, 0.25) is 0 Å². The summed E-state index contributed by atoms with van der Waals surface area (Å²) in [5.41, 5.74) is 4.89. The van der Waals surface area contributed by atoms with E-state index in [0.717, 1.165) is 0 Å². The SMILES string of the molecule is [CH2]CC(C(N)=O)C(=O)CS.[NaH]. The second kappa shape index (κ2) is 7.16. The second-order valence-electron chi connectivity index (χ2n) is 1.87. The molecule has 0 heterocycles. The first-order chi connectivity index (χ1) is 4.63. The standard InChI is InChI=1S/C6H10NO2S.Na.H/c1-2-4(6(7)9)5(8)3-10;;/h4,10H,1-3H2,(H2,7,9);;. The van der Waals surface area contributed by atoms with Gasteiger partial charge in [-0.25, -0.2) is 0 Å². The van der Waals surface area contributed by atoms with Crippen molar-refractivity contribution in [2.24, 2.45) is 11.7 Å². The molecule has 0 aliphatic heterocycles. The van der Waals surface area contributed by atoms with Gasteiger partial charge in [-0.3, -0.25) is 9.59 Å². The zero-order chi connectivity index (χ0) is 8.15. The molecule has 0 fully saturated rings. The molecule has 2 N–H and O–H groups in total. The van der Waals surface area contributed by atoms with Crippen LogP contribution in [0.1, 0.15) is 6.42 Å². The third kappa shape index (κ3) is 4.85. The molecule has 0 aromatic heterocycles. The number of hydrogen-bond acceptors (Lipinski definition) is 3. The normalized spacial score (nSPS) is 11.5. The van der Waals surface area contributed by atoms with Gasteiger partial charge in [0.15, 0.2) is 5.78 Å². The number of Topliss-reactive ketones (excluding diaryl/α,β-unsaturated/α-hetero) is 1. The van der Waals surface area contributed by atoms with Gasteiger partial charge in [0.1, 0.15) is 0 Å². The van der Waals surface area contributed by atoms with Crippen LogP contribution in [-0.2, 0) is 9.59 Å². The van der Waals surface area contributed by atoms with E-state index in [2.05, 4.69) is 19.6 Å². The number of thiol groups is 1. The average Bonchev–Trinajstić information content (AvgIpc) is 1.88. The minimum atomic E-state index is -0.752. The number of rotatable bonds is 4. The van der Waals surface area contributed by atoms with Gasteiger partial charge in [0, 0.05) is 0 Å². The summed E-state index contributed by atoms with van der Waals surface area (Å²) in [6.07, 6.45) is 0.217. The molecule has 0 rings (SSSR count). The Morgan fingerprint density at radius 3 is 2.09 bits per heavy atom. The molecule has 0 saturated heterocycles. The molecule has 1 atom stereocenters. The van der Waals surface area contributed by atoms with Crippen molar-refractivity contribution < 1.29 is 9.59 Å². The van der Waals surface area contributed by atoms with Crippen molar-refractivity contribution in [1.82, 2.24) is 0 Å². The first-order valence-corrected chi connectivity index (χ1v) is 3.48. The molecule has 1 radical (unpaired) electrons. The van der Waals surface area contributed by atoms with Crippen molar-refractivity contribution >= 4 is 53.9 Å². The van der Waals surface area contributed by atoms with Gasteiger partial charge >= 0.3 is 29.6 Å². The molecular weight excluding hydrogens is 173 g/mol. The number of ketones is 1. The minimum absolute atomic E-state index is 0. The van der Waals surface area contributed by atoms with E-state index in [1.165, 1.54) is 0 Å². The molecule has 3 nitrogen and oxygen atoms in total. The summed E-state index contributed by atoms with van der Waals surface area (Å²) in [5, 5.41) is 0. The third-order valence-electron chi connectivity index (χ3n) is 1.18. The molecule has 0 spiro atoms. The summed E-state index contributed by atoms with van der Waals surface area (Å²) < 4.78 is 0. The van der Waals surface area contributed by atoms with E-state index < -0.39 is 11.8 Å². The van der Waals surface area contributed by atoms with Gasteiger partial charge in [-0.1, -0.05) is 6.92 Å². The van der Waals surface area contributed by atoms with Crippen molar-refractivity contribution in [3.8, 4) is 0 Å². The van der Waals surface area contributed by atoms with Gasteiger partial charge in [0.2, 0.25) is 5.91 Å². The summed E-state index contributed by atoms with van der Waals surface area (Å²) in [6, 6.07) is 0. The Hall–Kier alpha value is 0.490. The first kappa shape index (κ1) is 14.0. The van der Waals surface area contributed by atoms with Gasteiger partial charge in [-0.2, -0.15) is 12.6 Å². The molecule has 1 amide bonds. The Bertz CT molecular complexity index is 152. The van der Waals surface area contributed by atoms with E-state index in [4.69, 9.17) is 5.73 Å². The number of nitrogens with two attached hydrogens (primary N) is 1. The quantitative estimate of drug-likeness (QED) is 0.340. The fourth-order valence-corrected chi connectivity index (χ4v) is 0.792. The molecule has 59 valence electrons. The number of primary amides is 1. The first-order valence-electron chi connectivity index (χ1n) is 2.85. The van der Waals surface area contributed by atoms with Crippen molar-refractivity contribution in [3.63, 3.8) is 0 Å². The number of carbonyl (C=O) groups excluding carboxylic acids is 2. The fourth-order valence-electron chi connectivity index (χ4n) is 0.572. The Morgan fingerprint density at radius 1 is 1.55 bits per heavy atom. The predicted octanol–water partition coefficient (Wildman–Crippen LogP) is -0.838. The van der Waals surface area contributed by atoms with Gasteiger partial charge in [-0.05, 0) is 6.42 Å². The van der Waals surface area contributed by atoms with Crippen LogP contribution in [0.25, 0.3) is 0 Å². The Kier molecular flexibility index (Phi) is 9.13. The van der Waals surface area contributed by atoms with Gasteiger partial charge in [0.25, 0.3) is 0 Å². The van der Waals surface area contributed by atoms with Crippen LogP contribution >= 0.6 is 12.6 Å². The molecular formula is C6H11NNaO2S. The van der Waals surface area contributed by atoms with E-state index in [1.54, 1.807) is 0 Å². The van der Waals surface area contributed by atoms with E-state index in [9.17, 15) is 9.59 Å². The van der Waals surface area contributed by atoms with Crippen molar-refractivity contribution in [3.05, 3.63) is 6.92 Å². The van der Waals surface area contributed by atoms with Gasteiger partial charge < -0.3 is 5.73 Å². The van der Waals surface area contributed by atoms with E-state index in [0.29, 0.717) is 0 Å². The van der Waals surface area contributed by atoms with E-state index in [1.807, 2.05) is 0 Å². The Balaban J connectivity index is 0.